The first-order chi connectivity index (χ1) is 9.92. The Balaban J connectivity index is 2.99. The number of aliphatic hydroxyl groups is 1. The summed E-state index contributed by atoms with van der Waals surface area (Å²) in [5, 5.41) is 12.9. The van der Waals surface area contributed by atoms with Crippen LogP contribution in [0, 0.1) is 0 Å². The highest BCUT2D eigenvalue weighted by Gasteiger charge is 2.19. The molecule has 4 N–H and O–H groups in total. The van der Waals surface area contributed by atoms with Gasteiger partial charge in [0.25, 0.3) is 0 Å². The minimum absolute atomic E-state index is 0.0343. The van der Waals surface area contributed by atoms with Crippen molar-refractivity contribution in [3.8, 4) is 11.5 Å². The maximum atomic E-state index is 9.47. The Labute approximate surface area is 134 Å². The van der Waals surface area contributed by atoms with Crippen LogP contribution in [-0.4, -0.2) is 38.0 Å². The molecule has 0 heterocycles. The van der Waals surface area contributed by atoms with Crippen LogP contribution in [0.3, 0.4) is 0 Å². The monoisotopic (exact) mass is 360 g/mol. The van der Waals surface area contributed by atoms with Crippen molar-refractivity contribution in [1.82, 2.24) is 5.32 Å². The lowest BCUT2D eigenvalue weighted by molar-refractivity contribution is 0.168. The molecule has 6 heteroatoms. The summed E-state index contributed by atoms with van der Waals surface area (Å²) in [5.41, 5.74) is 6.90. The van der Waals surface area contributed by atoms with Gasteiger partial charge in [0, 0.05) is 23.1 Å². The van der Waals surface area contributed by atoms with Gasteiger partial charge in [-0.25, -0.2) is 0 Å². The normalized spacial score (nSPS) is 15.4. The van der Waals surface area contributed by atoms with Crippen LogP contribution in [-0.2, 0) is 0 Å². The molecule has 0 aromatic heterocycles. The summed E-state index contributed by atoms with van der Waals surface area (Å²) >= 11 is 3.55. The van der Waals surface area contributed by atoms with Crippen LogP contribution in [0.1, 0.15) is 31.9 Å². The fourth-order valence-corrected chi connectivity index (χ4v) is 2.94. The number of methoxy groups -OCH3 is 2. The van der Waals surface area contributed by atoms with Crippen molar-refractivity contribution in [3.63, 3.8) is 0 Å². The molecule has 0 fully saturated rings. The van der Waals surface area contributed by atoms with Gasteiger partial charge in [-0.1, -0.05) is 15.9 Å². The van der Waals surface area contributed by atoms with Gasteiger partial charge >= 0.3 is 0 Å². The van der Waals surface area contributed by atoms with Gasteiger partial charge in [-0.2, -0.15) is 0 Å². The first-order valence-corrected chi connectivity index (χ1v) is 7.77. The molecule has 1 rings (SSSR count). The maximum absolute atomic E-state index is 9.47. The number of hydrogen-bond acceptors (Lipinski definition) is 5. The highest BCUT2D eigenvalue weighted by atomic mass is 79.9. The SMILES string of the molecule is COc1cc(Br)c(C(CN)NC(C)CC(C)O)cc1OC. The smallest absolute Gasteiger partial charge is 0.161 e. The van der Waals surface area contributed by atoms with E-state index in [-0.39, 0.29) is 18.2 Å². The molecule has 5 nitrogen and oxygen atoms in total. The first-order valence-electron chi connectivity index (χ1n) is 6.98. The lowest BCUT2D eigenvalue weighted by atomic mass is 10.0. The van der Waals surface area contributed by atoms with E-state index in [0.29, 0.717) is 24.5 Å². The number of nitrogens with two attached hydrogens (primary N) is 1. The van der Waals surface area contributed by atoms with Crippen molar-refractivity contribution in [2.45, 2.75) is 38.5 Å². The molecule has 0 spiro atoms. The molecule has 120 valence electrons. The van der Waals surface area contributed by atoms with Crippen molar-refractivity contribution < 1.29 is 14.6 Å². The second kappa shape index (κ2) is 8.58. The molecule has 1 aromatic rings. The second-order valence-electron chi connectivity index (χ2n) is 5.17. The van der Waals surface area contributed by atoms with Gasteiger partial charge in [0.05, 0.1) is 20.3 Å². The number of ether oxygens (including phenoxy) is 2. The van der Waals surface area contributed by atoms with E-state index in [1.54, 1.807) is 21.1 Å². The summed E-state index contributed by atoms with van der Waals surface area (Å²) < 4.78 is 11.5. The molecule has 3 unspecified atom stereocenters. The van der Waals surface area contributed by atoms with E-state index in [0.717, 1.165) is 10.0 Å². The van der Waals surface area contributed by atoms with Gasteiger partial charge in [-0.3, -0.25) is 0 Å². The molecule has 3 atom stereocenters. The highest BCUT2D eigenvalue weighted by molar-refractivity contribution is 9.10. The number of aliphatic hydroxyl groups excluding tert-OH is 1. The third-order valence-electron chi connectivity index (χ3n) is 3.29. The second-order valence-corrected chi connectivity index (χ2v) is 6.02. The van der Waals surface area contributed by atoms with Crippen LogP contribution in [0.4, 0.5) is 0 Å². The van der Waals surface area contributed by atoms with Crippen LogP contribution in [0.15, 0.2) is 16.6 Å². The zero-order chi connectivity index (χ0) is 16.0. The lowest BCUT2D eigenvalue weighted by Gasteiger charge is -2.25. The molecule has 0 saturated heterocycles. The van der Waals surface area contributed by atoms with Crippen molar-refractivity contribution in [2.24, 2.45) is 5.73 Å². The van der Waals surface area contributed by atoms with Gasteiger partial charge in [-0.15, -0.1) is 0 Å². The van der Waals surface area contributed by atoms with E-state index in [9.17, 15) is 5.11 Å². The largest absolute Gasteiger partial charge is 0.493 e. The number of benzene rings is 1. The lowest BCUT2D eigenvalue weighted by Crippen LogP contribution is -2.36. The third-order valence-corrected chi connectivity index (χ3v) is 3.98. The zero-order valence-corrected chi connectivity index (χ0v) is 14.6. The van der Waals surface area contributed by atoms with Crippen LogP contribution >= 0.6 is 15.9 Å². The summed E-state index contributed by atoms with van der Waals surface area (Å²) in [7, 11) is 3.21. The Morgan fingerprint density at radius 1 is 1.24 bits per heavy atom. The molecule has 0 amide bonds. The summed E-state index contributed by atoms with van der Waals surface area (Å²) in [6.45, 7) is 4.25. The number of halogens is 1. The molecule has 0 aliphatic carbocycles. The third kappa shape index (κ3) is 5.14. The van der Waals surface area contributed by atoms with E-state index in [2.05, 4.69) is 21.2 Å². The minimum atomic E-state index is -0.347. The fourth-order valence-electron chi connectivity index (χ4n) is 2.34. The summed E-state index contributed by atoms with van der Waals surface area (Å²) in [4.78, 5) is 0. The molecule has 1 aromatic carbocycles. The number of nitrogens with one attached hydrogen (secondary N) is 1. The van der Waals surface area contributed by atoms with Crippen LogP contribution in [0.2, 0.25) is 0 Å². The molecular weight excluding hydrogens is 336 g/mol. The zero-order valence-electron chi connectivity index (χ0n) is 13.0. The van der Waals surface area contributed by atoms with Crippen molar-refractivity contribution >= 4 is 15.9 Å². The summed E-state index contributed by atoms with van der Waals surface area (Å²) in [6, 6.07) is 3.91. The maximum Gasteiger partial charge on any atom is 0.161 e. The standard InChI is InChI=1S/C15H25BrN2O3/c1-9(5-10(2)19)18-13(8-17)11-6-14(20-3)15(21-4)7-12(11)16/h6-7,9-10,13,18-19H,5,8,17H2,1-4H3. The van der Waals surface area contributed by atoms with Crippen molar-refractivity contribution in [3.05, 3.63) is 22.2 Å². The molecule has 0 aliphatic rings. The number of hydrogen-bond donors (Lipinski definition) is 3. The Hall–Kier alpha value is -0.820. The van der Waals surface area contributed by atoms with E-state index in [1.807, 2.05) is 19.1 Å². The van der Waals surface area contributed by atoms with Gasteiger partial charge in [-0.05, 0) is 38.0 Å². The van der Waals surface area contributed by atoms with E-state index in [1.165, 1.54) is 0 Å². The van der Waals surface area contributed by atoms with Crippen molar-refractivity contribution in [2.75, 3.05) is 20.8 Å². The van der Waals surface area contributed by atoms with Crippen molar-refractivity contribution in [1.29, 1.82) is 0 Å². The van der Waals surface area contributed by atoms with Gasteiger partial charge in [0.1, 0.15) is 0 Å². The Kier molecular flexibility index (Phi) is 7.45. The summed E-state index contributed by atoms with van der Waals surface area (Å²) in [5.74, 6) is 1.33. The first kappa shape index (κ1) is 18.2. The van der Waals surface area contributed by atoms with Crippen LogP contribution < -0.4 is 20.5 Å². The minimum Gasteiger partial charge on any atom is -0.493 e. The summed E-state index contributed by atoms with van der Waals surface area (Å²) in [6.07, 6.45) is 0.321. The average molecular weight is 361 g/mol. The van der Waals surface area contributed by atoms with Crippen LogP contribution in [0.25, 0.3) is 0 Å². The molecule has 0 aliphatic heterocycles. The Morgan fingerprint density at radius 3 is 2.29 bits per heavy atom. The Morgan fingerprint density at radius 2 is 1.81 bits per heavy atom. The molecule has 0 bridgehead atoms. The Bertz CT molecular complexity index is 455. The molecule has 21 heavy (non-hydrogen) atoms. The number of rotatable bonds is 8. The molecular formula is C15H25BrN2O3. The average Bonchev–Trinajstić information content (AvgIpc) is 2.43. The van der Waals surface area contributed by atoms with E-state index in [4.69, 9.17) is 15.2 Å². The highest BCUT2D eigenvalue weighted by Crippen LogP contribution is 2.36. The predicted octanol–water partition coefficient (Wildman–Crippen LogP) is 2.22. The predicted molar refractivity (Wildman–Crippen MR) is 87.9 cm³/mol. The van der Waals surface area contributed by atoms with E-state index >= 15 is 0 Å². The quantitative estimate of drug-likeness (QED) is 0.662. The van der Waals surface area contributed by atoms with Crippen LogP contribution in [0.5, 0.6) is 11.5 Å². The van der Waals surface area contributed by atoms with Gasteiger partial charge in [0.15, 0.2) is 11.5 Å². The molecule has 0 radical (unpaired) electrons. The topological polar surface area (TPSA) is 76.7 Å². The fraction of sp³-hybridized carbons (Fsp3) is 0.600. The molecule has 0 saturated carbocycles. The van der Waals surface area contributed by atoms with Gasteiger partial charge < -0.3 is 25.6 Å². The van der Waals surface area contributed by atoms with E-state index < -0.39 is 0 Å². The van der Waals surface area contributed by atoms with Gasteiger partial charge in [0.2, 0.25) is 0 Å².